The third kappa shape index (κ3) is 4.48. The Bertz CT molecular complexity index is 710. The summed E-state index contributed by atoms with van der Waals surface area (Å²) in [5.41, 5.74) is 4.32. The Morgan fingerprint density at radius 1 is 1.12 bits per heavy atom. The van der Waals surface area contributed by atoms with Crippen LogP contribution in [0.3, 0.4) is 0 Å². The van der Waals surface area contributed by atoms with Gasteiger partial charge in [0, 0.05) is 17.2 Å². The lowest BCUT2D eigenvalue weighted by Crippen LogP contribution is -2.20. The van der Waals surface area contributed by atoms with Crippen LogP contribution in [0.1, 0.15) is 21.3 Å². The molecule has 2 aromatic carbocycles. The predicted octanol–water partition coefficient (Wildman–Crippen LogP) is 4.80. The van der Waals surface area contributed by atoms with Crippen molar-refractivity contribution in [1.82, 2.24) is 0 Å². The summed E-state index contributed by atoms with van der Waals surface area (Å²) in [6, 6.07) is 14.1. The first kappa shape index (κ1) is 17.2. The fraction of sp³-hybridized carbons (Fsp3) is 0.316. The Morgan fingerprint density at radius 3 is 2.54 bits per heavy atom. The highest BCUT2D eigenvalue weighted by Crippen LogP contribution is 2.45. The summed E-state index contributed by atoms with van der Waals surface area (Å²) in [4.78, 5) is 12.1. The summed E-state index contributed by atoms with van der Waals surface area (Å²) < 4.78 is 6.14. The smallest absolute Gasteiger partial charge is 0.262 e. The van der Waals surface area contributed by atoms with Crippen molar-refractivity contribution in [3.8, 4) is 5.75 Å². The van der Waals surface area contributed by atoms with E-state index in [1.807, 2.05) is 67.7 Å². The molecule has 0 bridgehead atoms. The molecule has 0 aromatic heterocycles. The molecule has 1 heterocycles. The first-order chi connectivity index (χ1) is 11.6. The molecule has 5 heteroatoms. The zero-order valence-electron chi connectivity index (χ0n) is 13.9. The Morgan fingerprint density at radius 2 is 1.83 bits per heavy atom. The number of hydrogen-bond donors (Lipinski definition) is 1. The normalized spacial score (nSPS) is 14.6. The van der Waals surface area contributed by atoms with Gasteiger partial charge in [0.2, 0.25) is 0 Å². The van der Waals surface area contributed by atoms with E-state index in [-0.39, 0.29) is 12.5 Å². The number of nitrogens with one attached hydrogen (secondary N) is 1. The summed E-state index contributed by atoms with van der Waals surface area (Å²) in [5, 5.41) is 2.91. The van der Waals surface area contributed by atoms with Crippen LogP contribution < -0.4 is 10.1 Å². The molecule has 0 radical (unpaired) electrons. The number of hydrogen-bond acceptors (Lipinski definition) is 4. The highest BCUT2D eigenvalue weighted by molar-refractivity contribution is 8.19. The van der Waals surface area contributed by atoms with Gasteiger partial charge in [-0.05, 0) is 48.7 Å². The summed E-state index contributed by atoms with van der Waals surface area (Å²) in [6.45, 7) is 4.00. The number of ether oxygens (including phenoxy) is 1. The Balaban J connectivity index is 1.53. The van der Waals surface area contributed by atoms with Crippen LogP contribution >= 0.6 is 23.5 Å². The van der Waals surface area contributed by atoms with E-state index in [0.29, 0.717) is 4.58 Å². The third-order valence-electron chi connectivity index (χ3n) is 3.81. The summed E-state index contributed by atoms with van der Waals surface area (Å²) in [7, 11) is 0. The minimum Gasteiger partial charge on any atom is -0.484 e. The van der Waals surface area contributed by atoms with Crippen LogP contribution in [0.15, 0.2) is 42.5 Å². The van der Waals surface area contributed by atoms with Gasteiger partial charge in [-0.25, -0.2) is 0 Å². The molecular weight excluding hydrogens is 338 g/mol. The van der Waals surface area contributed by atoms with E-state index >= 15 is 0 Å². The lowest BCUT2D eigenvalue weighted by atomic mass is 10.1. The second-order valence-electron chi connectivity index (χ2n) is 5.80. The van der Waals surface area contributed by atoms with Gasteiger partial charge in [-0.3, -0.25) is 4.79 Å². The number of aryl methyl sites for hydroxylation is 2. The van der Waals surface area contributed by atoms with Gasteiger partial charge < -0.3 is 10.1 Å². The van der Waals surface area contributed by atoms with Crippen molar-refractivity contribution < 1.29 is 9.53 Å². The molecule has 3 nitrogen and oxygen atoms in total. The number of rotatable bonds is 5. The van der Waals surface area contributed by atoms with E-state index in [1.165, 1.54) is 17.1 Å². The van der Waals surface area contributed by atoms with Crippen molar-refractivity contribution in [3.05, 3.63) is 59.2 Å². The molecule has 1 aliphatic heterocycles. The van der Waals surface area contributed by atoms with Gasteiger partial charge in [-0.1, -0.05) is 24.3 Å². The van der Waals surface area contributed by atoms with Crippen LogP contribution in [-0.4, -0.2) is 24.0 Å². The van der Waals surface area contributed by atoms with E-state index in [1.54, 1.807) is 0 Å². The summed E-state index contributed by atoms with van der Waals surface area (Å²) >= 11 is 3.96. The lowest BCUT2D eigenvalue weighted by molar-refractivity contribution is -0.118. The van der Waals surface area contributed by atoms with Crippen molar-refractivity contribution >= 4 is 35.1 Å². The maximum absolute atomic E-state index is 12.1. The monoisotopic (exact) mass is 359 g/mol. The van der Waals surface area contributed by atoms with E-state index in [0.717, 1.165) is 22.6 Å². The van der Waals surface area contributed by atoms with E-state index in [9.17, 15) is 4.79 Å². The number of benzene rings is 2. The summed E-state index contributed by atoms with van der Waals surface area (Å²) in [6.07, 6.45) is 0. The fourth-order valence-electron chi connectivity index (χ4n) is 2.48. The van der Waals surface area contributed by atoms with Crippen molar-refractivity contribution in [2.24, 2.45) is 0 Å². The first-order valence-electron chi connectivity index (χ1n) is 7.95. The Kier molecular flexibility index (Phi) is 5.74. The molecule has 0 aliphatic carbocycles. The standard InChI is InChI=1S/C19H21NO2S2/c1-13-3-4-14(2)17(11-13)20-18(21)12-22-16-7-5-15(6-8-16)19-23-9-10-24-19/h3-8,11,19H,9-10,12H2,1-2H3,(H,20,21). The predicted molar refractivity (Wildman–Crippen MR) is 104 cm³/mol. The van der Waals surface area contributed by atoms with Crippen LogP contribution in [0.5, 0.6) is 5.75 Å². The number of amides is 1. The van der Waals surface area contributed by atoms with Crippen LogP contribution in [-0.2, 0) is 4.79 Å². The minimum absolute atomic E-state index is 0.0135. The van der Waals surface area contributed by atoms with Crippen molar-refractivity contribution in [3.63, 3.8) is 0 Å². The molecule has 1 fully saturated rings. The number of carbonyl (C=O) groups is 1. The Hall–Kier alpha value is -1.59. The topological polar surface area (TPSA) is 38.3 Å². The largest absolute Gasteiger partial charge is 0.484 e. The molecule has 0 unspecified atom stereocenters. The SMILES string of the molecule is Cc1ccc(C)c(NC(=O)COc2ccc(C3SCCS3)cc2)c1. The molecule has 1 N–H and O–H groups in total. The maximum atomic E-state index is 12.1. The molecule has 0 spiro atoms. The number of anilines is 1. The van der Waals surface area contributed by atoms with Gasteiger partial charge in [0.25, 0.3) is 5.91 Å². The average Bonchev–Trinajstić information content (AvgIpc) is 3.11. The van der Waals surface area contributed by atoms with Crippen molar-refractivity contribution in [2.45, 2.75) is 18.4 Å². The van der Waals surface area contributed by atoms with Crippen LogP contribution in [0.2, 0.25) is 0 Å². The minimum atomic E-state index is -0.144. The highest BCUT2D eigenvalue weighted by Gasteiger charge is 2.18. The first-order valence-corrected chi connectivity index (χ1v) is 10.0. The van der Waals surface area contributed by atoms with Crippen molar-refractivity contribution in [1.29, 1.82) is 0 Å². The van der Waals surface area contributed by atoms with Gasteiger partial charge in [-0.2, -0.15) is 0 Å². The van der Waals surface area contributed by atoms with Crippen LogP contribution in [0.25, 0.3) is 0 Å². The molecule has 0 saturated carbocycles. The van der Waals surface area contributed by atoms with Gasteiger partial charge in [0.1, 0.15) is 5.75 Å². The molecular formula is C19H21NO2S2. The molecule has 3 rings (SSSR count). The zero-order chi connectivity index (χ0) is 16.9. The van der Waals surface area contributed by atoms with Gasteiger partial charge in [0.05, 0.1) is 4.58 Å². The summed E-state index contributed by atoms with van der Waals surface area (Å²) in [5.74, 6) is 3.01. The molecule has 0 atom stereocenters. The second-order valence-corrected chi connectivity index (χ2v) is 8.52. The number of carbonyl (C=O) groups excluding carboxylic acids is 1. The van der Waals surface area contributed by atoms with Gasteiger partial charge in [0.15, 0.2) is 6.61 Å². The Labute approximate surface area is 151 Å². The van der Waals surface area contributed by atoms with E-state index in [2.05, 4.69) is 17.4 Å². The third-order valence-corrected chi connectivity index (χ3v) is 6.92. The second kappa shape index (κ2) is 7.99. The number of thioether (sulfide) groups is 2. The zero-order valence-corrected chi connectivity index (χ0v) is 15.5. The van der Waals surface area contributed by atoms with Crippen LogP contribution in [0, 0.1) is 13.8 Å². The lowest BCUT2D eigenvalue weighted by Gasteiger charge is -2.12. The van der Waals surface area contributed by atoms with E-state index in [4.69, 9.17) is 4.74 Å². The quantitative estimate of drug-likeness (QED) is 0.832. The molecule has 2 aromatic rings. The van der Waals surface area contributed by atoms with E-state index < -0.39 is 0 Å². The van der Waals surface area contributed by atoms with Crippen LogP contribution in [0.4, 0.5) is 5.69 Å². The molecule has 24 heavy (non-hydrogen) atoms. The highest BCUT2D eigenvalue weighted by atomic mass is 32.2. The van der Waals surface area contributed by atoms with Gasteiger partial charge in [-0.15, -0.1) is 23.5 Å². The molecule has 126 valence electrons. The molecule has 1 saturated heterocycles. The van der Waals surface area contributed by atoms with Crippen molar-refractivity contribution in [2.75, 3.05) is 23.4 Å². The maximum Gasteiger partial charge on any atom is 0.262 e. The fourth-order valence-corrected chi connectivity index (χ4v) is 5.34. The van der Waals surface area contributed by atoms with Gasteiger partial charge >= 0.3 is 0 Å². The molecule has 1 amide bonds. The average molecular weight is 360 g/mol. The molecule has 1 aliphatic rings.